The Labute approximate surface area is 93.4 Å². The number of carbonyl (C=O) groups is 2. The second-order valence-corrected chi connectivity index (χ2v) is 3.28. The molecule has 0 radical (unpaired) electrons. The average Bonchev–Trinajstić information content (AvgIpc) is 2.69. The van der Waals surface area contributed by atoms with Gasteiger partial charge in [-0.3, -0.25) is 9.59 Å². The summed E-state index contributed by atoms with van der Waals surface area (Å²) in [5, 5.41) is 5.09. The van der Waals surface area contributed by atoms with E-state index in [1.165, 1.54) is 6.26 Å². The average molecular weight is 225 g/mol. The second-order valence-electron chi connectivity index (χ2n) is 3.28. The first-order valence-corrected chi connectivity index (χ1v) is 5.10. The van der Waals surface area contributed by atoms with E-state index >= 15 is 0 Å². The molecule has 2 N–H and O–H groups in total. The quantitative estimate of drug-likeness (QED) is 0.751. The lowest BCUT2D eigenvalue weighted by molar-refractivity contribution is -0.120. The smallest absolute Gasteiger partial charge is 0.273 e. The lowest BCUT2D eigenvalue weighted by atomic mass is 10.4. The lowest BCUT2D eigenvalue weighted by Gasteiger charge is -2.03. The largest absolute Gasteiger partial charge is 0.448 e. The fraction of sp³-hybridized carbons (Fsp3) is 0.500. The zero-order chi connectivity index (χ0) is 12.0. The van der Waals surface area contributed by atoms with Crippen LogP contribution in [0.1, 0.15) is 29.7 Å². The number of nitrogens with one attached hydrogen (secondary N) is 2. The first-order chi connectivity index (χ1) is 7.63. The van der Waals surface area contributed by atoms with Crippen LogP contribution < -0.4 is 10.6 Å². The molecular weight excluding hydrogens is 210 g/mol. The van der Waals surface area contributed by atoms with Gasteiger partial charge in [0.25, 0.3) is 5.91 Å². The summed E-state index contributed by atoms with van der Waals surface area (Å²) in [6, 6.07) is 0. The Morgan fingerprint density at radius 2 is 2.19 bits per heavy atom. The van der Waals surface area contributed by atoms with Crippen molar-refractivity contribution in [3.05, 3.63) is 17.8 Å². The first-order valence-electron chi connectivity index (χ1n) is 5.10. The highest BCUT2D eigenvalue weighted by Gasteiger charge is 2.11. The van der Waals surface area contributed by atoms with Crippen LogP contribution in [0.15, 0.2) is 10.7 Å². The van der Waals surface area contributed by atoms with E-state index in [4.69, 9.17) is 4.42 Å². The third kappa shape index (κ3) is 3.72. The molecule has 6 nitrogen and oxygen atoms in total. The minimum absolute atomic E-state index is 0.0509. The predicted octanol–water partition coefficient (Wildman–Crippen LogP) is 0.239. The van der Waals surface area contributed by atoms with E-state index in [-0.39, 0.29) is 18.1 Å². The summed E-state index contributed by atoms with van der Waals surface area (Å²) in [5.41, 5.74) is 0.181. The van der Waals surface area contributed by atoms with Crippen molar-refractivity contribution in [2.45, 2.75) is 20.3 Å². The topological polar surface area (TPSA) is 84.2 Å². The van der Waals surface area contributed by atoms with E-state index in [0.29, 0.717) is 12.4 Å². The van der Waals surface area contributed by atoms with E-state index in [9.17, 15) is 9.59 Å². The van der Waals surface area contributed by atoms with Gasteiger partial charge in [0.1, 0.15) is 6.26 Å². The van der Waals surface area contributed by atoms with Gasteiger partial charge in [-0.05, 0) is 6.42 Å². The lowest BCUT2D eigenvalue weighted by Crippen LogP contribution is -2.37. The number of oxazole rings is 1. The normalized spacial score (nSPS) is 9.88. The zero-order valence-corrected chi connectivity index (χ0v) is 9.37. The van der Waals surface area contributed by atoms with Crippen molar-refractivity contribution in [2.75, 3.05) is 13.1 Å². The molecule has 1 rings (SSSR count). The molecule has 0 atom stereocenters. The van der Waals surface area contributed by atoms with Crippen LogP contribution in [0.2, 0.25) is 0 Å². The summed E-state index contributed by atoms with van der Waals surface area (Å²) in [6.07, 6.45) is 2.12. The van der Waals surface area contributed by atoms with Crippen molar-refractivity contribution in [3.63, 3.8) is 0 Å². The molecule has 0 aliphatic rings. The minimum Gasteiger partial charge on any atom is -0.448 e. The van der Waals surface area contributed by atoms with Crippen LogP contribution in [-0.4, -0.2) is 29.9 Å². The van der Waals surface area contributed by atoms with Gasteiger partial charge in [-0.25, -0.2) is 4.98 Å². The van der Waals surface area contributed by atoms with E-state index in [1.54, 1.807) is 6.92 Å². The molecule has 0 unspecified atom stereocenters. The van der Waals surface area contributed by atoms with Gasteiger partial charge in [0, 0.05) is 13.5 Å². The highest BCUT2D eigenvalue weighted by molar-refractivity contribution is 5.94. The van der Waals surface area contributed by atoms with Gasteiger partial charge >= 0.3 is 0 Å². The van der Waals surface area contributed by atoms with Crippen molar-refractivity contribution in [2.24, 2.45) is 0 Å². The summed E-state index contributed by atoms with van der Waals surface area (Å²) in [5.74, 6) is -0.209. The standard InChI is InChI=1S/C10H15N3O3/c1-3-4-11-9(14)5-12-10(15)8-6-16-7(2)13-8/h6H,3-5H2,1-2H3,(H,11,14)(H,12,15). The highest BCUT2D eigenvalue weighted by atomic mass is 16.3. The number of aromatic nitrogens is 1. The van der Waals surface area contributed by atoms with Gasteiger partial charge in [0.15, 0.2) is 11.6 Å². The molecule has 6 heteroatoms. The minimum atomic E-state index is -0.413. The number of carbonyl (C=O) groups excluding carboxylic acids is 2. The van der Waals surface area contributed by atoms with Crippen molar-refractivity contribution in [1.82, 2.24) is 15.6 Å². The molecule has 2 amide bonds. The number of amides is 2. The van der Waals surface area contributed by atoms with Crippen molar-refractivity contribution >= 4 is 11.8 Å². The zero-order valence-electron chi connectivity index (χ0n) is 9.37. The van der Waals surface area contributed by atoms with E-state index in [0.717, 1.165) is 6.42 Å². The van der Waals surface area contributed by atoms with Gasteiger partial charge in [-0.1, -0.05) is 6.92 Å². The Hall–Kier alpha value is -1.85. The molecule has 0 bridgehead atoms. The molecule has 0 aromatic carbocycles. The number of nitrogens with zero attached hydrogens (tertiary/aromatic N) is 1. The number of hydrogen-bond donors (Lipinski definition) is 2. The van der Waals surface area contributed by atoms with Crippen LogP contribution in [0, 0.1) is 6.92 Å². The molecule has 0 aliphatic carbocycles. The predicted molar refractivity (Wildman–Crippen MR) is 56.9 cm³/mol. The fourth-order valence-electron chi connectivity index (χ4n) is 1.05. The monoisotopic (exact) mass is 225 g/mol. The van der Waals surface area contributed by atoms with E-state index in [2.05, 4.69) is 15.6 Å². The molecule has 0 saturated carbocycles. The molecular formula is C10H15N3O3. The van der Waals surface area contributed by atoms with Crippen LogP contribution in [0.3, 0.4) is 0 Å². The first kappa shape index (κ1) is 12.2. The van der Waals surface area contributed by atoms with Gasteiger partial charge in [0.05, 0.1) is 6.54 Å². The van der Waals surface area contributed by atoms with Crippen molar-refractivity contribution < 1.29 is 14.0 Å². The molecule has 1 heterocycles. The Bertz CT molecular complexity index is 373. The third-order valence-corrected chi connectivity index (χ3v) is 1.83. The van der Waals surface area contributed by atoms with Gasteiger partial charge in [-0.15, -0.1) is 0 Å². The molecule has 1 aromatic rings. The maximum atomic E-state index is 11.4. The molecule has 0 aliphatic heterocycles. The maximum absolute atomic E-state index is 11.4. The second kappa shape index (κ2) is 5.89. The number of aryl methyl sites for hydroxylation is 1. The number of hydrogen-bond acceptors (Lipinski definition) is 4. The van der Waals surface area contributed by atoms with Crippen LogP contribution in [0.25, 0.3) is 0 Å². The SMILES string of the molecule is CCCNC(=O)CNC(=O)c1coc(C)n1. The summed E-state index contributed by atoms with van der Waals surface area (Å²) in [7, 11) is 0. The highest BCUT2D eigenvalue weighted by Crippen LogP contribution is 1.99. The Morgan fingerprint density at radius 3 is 2.75 bits per heavy atom. The van der Waals surface area contributed by atoms with E-state index in [1.807, 2.05) is 6.92 Å². The number of rotatable bonds is 5. The fourth-order valence-corrected chi connectivity index (χ4v) is 1.05. The summed E-state index contributed by atoms with van der Waals surface area (Å²) < 4.78 is 4.88. The molecule has 0 spiro atoms. The summed E-state index contributed by atoms with van der Waals surface area (Å²) >= 11 is 0. The van der Waals surface area contributed by atoms with Gasteiger partial charge < -0.3 is 15.1 Å². The van der Waals surface area contributed by atoms with E-state index < -0.39 is 5.91 Å². The Balaban J connectivity index is 2.33. The van der Waals surface area contributed by atoms with Crippen LogP contribution in [-0.2, 0) is 4.79 Å². The van der Waals surface area contributed by atoms with Crippen LogP contribution in [0.5, 0.6) is 0 Å². The Morgan fingerprint density at radius 1 is 1.44 bits per heavy atom. The summed E-state index contributed by atoms with van der Waals surface area (Å²) in [6.45, 7) is 4.16. The Kier molecular flexibility index (Phi) is 4.50. The van der Waals surface area contributed by atoms with Gasteiger partial charge in [-0.2, -0.15) is 0 Å². The maximum Gasteiger partial charge on any atom is 0.273 e. The third-order valence-electron chi connectivity index (χ3n) is 1.83. The molecule has 0 fully saturated rings. The molecule has 16 heavy (non-hydrogen) atoms. The molecule has 88 valence electrons. The van der Waals surface area contributed by atoms with Gasteiger partial charge in [0.2, 0.25) is 5.91 Å². The van der Waals surface area contributed by atoms with Crippen molar-refractivity contribution in [3.8, 4) is 0 Å². The molecule has 1 aromatic heterocycles. The van der Waals surface area contributed by atoms with Crippen LogP contribution in [0.4, 0.5) is 0 Å². The van der Waals surface area contributed by atoms with Crippen LogP contribution >= 0.6 is 0 Å². The molecule has 0 saturated heterocycles. The summed E-state index contributed by atoms with van der Waals surface area (Å²) in [4.78, 5) is 26.4. The van der Waals surface area contributed by atoms with Crippen molar-refractivity contribution in [1.29, 1.82) is 0 Å².